The van der Waals surface area contributed by atoms with Crippen LogP contribution < -0.4 is 0 Å². The number of ketones is 1. The zero-order valence-electron chi connectivity index (χ0n) is 11.2. The van der Waals surface area contributed by atoms with Gasteiger partial charge in [0.25, 0.3) is 0 Å². The molecule has 1 aliphatic carbocycles. The Kier molecular flexibility index (Phi) is 2.82. The molecule has 19 heavy (non-hydrogen) atoms. The van der Waals surface area contributed by atoms with E-state index in [0.717, 1.165) is 40.8 Å². The van der Waals surface area contributed by atoms with Crippen LogP contribution in [-0.2, 0) is 13.5 Å². The Hall–Kier alpha value is -2.16. The highest BCUT2D eigenvalue weighted by Crippen LogP contribution is 2.26. The minimum absolute atomic E-state index is 0.158. The Labute approximate surface area is 112 Å². The van der Waals surface area contributed by atoms with E-state index in [1.165, 1.54) is 0 Å². The fraction of sp³-hybridized carbons (Fsp3) is 0.250. The lowest BCUT2D eigenvalue weighted by atomic mass is 9.86. The Morgan fingerprint density at radius 2 is 2.05 bits per heavy atom. The largest absolute Gasteiger partial charge is 0.289 e. The SMILES string of the molecule is Cc1c(/C=C2\CCc3ccccc3C2=O)cnn1C. The lowest BCUT2D eigenvalue weighted by molar-refractivity contribution is 0.102. The van der Waals surface area contributed by atoms with E-state index in [1.54, 1.807) is 0 Å². The van der Waals surface area contributed by atoms with Crippen LogP contribution in [0.25, 0.3) is 6.08 Å². The predicted octanol–water partition coefficient (Wildman–Crippen LogP) is 2.94. The van der Waals surface area contributed by atoms with E-state index >= 15 is 0 Å². The van der Waals surface area contributed by atoms with Crippen LogP contribution in [-0.4, -0.2) is 15.6 Å². The fourth-order valence-corrected chi connectivity index (χ4v) is 2.50. The van der Waals surface area contributed by atoms with Crippen LogP contribution in [0, 0.1) is 6.92 Å². The van der Waals surface area contributed by atoms with E-state index in [4.69, 9.17) is 0 Å². The number of rotatable bonds is 1. The van der Waals surface area contributed by atoms with Crippen molar-refractivity contribution in [1.82, 2.24) is 9.78 Å². The zero-order chi connectivity index (χ0) is 13.4. The quantitative estimate of drug-likeness (QED) is 0.731. The molecule has 0 bridgehead atoms. The standard InChI is InChI=1S/C16H16N2O/c1-11-14(10-17-18(11)2)9-13-8-7-12-5-3-4-6-15(12)16(13)19/h3-6,9-10H,7-8H2,1-2H3/b13-9+. The Morgan fingerprint density at radius 3 is 2.79 bits per heavy atom. The molecule has 3 heteroatoms. The van der Waals surface area contributed by atoms with Crippen LogP contribution >= 0.6 is 0 Å². The number of hydrogen-bond donors (Lipinski definition) is 0. The summed E-state index contributed by atoms with van der Waals surface area (Å²) in [7, 11) is 1.91. The van der Waals surface area contributed by atoms with Gasteiger partial charge in [-0.15, -0.1) is 0 Å². The molecular weight excluding hydrogens is 236 g/mol. The zero-order valence-corrected chi connectivity index (χ0v) is 11.2. The van der Waals surface area contributed by atoms with Crippen LogP contribution in [0.3, 0.4) is 0 Å². The van der Waals surface area contributed by atoms with E-state index in [2.05, 4.69) is 5.10 Å². The molecule has 96 valence electrons. The van der Waals surface area contributed by atoms with Crippen LogP contribution in [0.5, 0.6) is 0 Å². The molecule has 0 saturated heterocycles. The lowest BCUT2D eigenvalue weighted by Crippen LogP contribution is -2.13. The van der Waals surface area contributed by atoms with Crippen molar-refractivity contribution in [3.05, 3.63) is 58.4 Å². The lowest BCUT2D eigenvalue weighted by Gasteiger charge is -2.17. The van der Waals surface area contributed by atoms with Crippen molar-refractivity contribution in [3.8, 4) is 0 Å². The first-order valence-electron chi connectivity index (χ1n) is 6.48. The second-order valence-electron chi connectivity index (χ2n) is 4.96. The monoisotopic (exact) mass is 252 g/mol. The molecular formula is C16H16N2O. The van der Waals surface area contributed by atoms with Crippen molar-refractivity contribution in [1.29, 1.82) is 0 Å². The molecule has 0 radical (unpaired) electrons. The average Bonchev–Trinajstić information content (AvgIpc) is 2.74. The molecule has 1 heterocycles. The van der Waals surface area contributed by atoms with E-state index in [0.29, 0.717) is 0 Å². The maximum absolute atomic E-state index is 12.4. The van der Waals surface area contributed by atoms with Gasteiger partial charge < -0.3 is 0 Å². The smallest absolute Gasteiger partial charge is 0.189 e. The summed E-state index contributed by atoms with van der Waals surface area (Å²) in [5.74, 6) is 0.158. The number of fused-ring (bicyclic) bond motifs is 1. The molecule has 0 fully saturated rings. The first kappa shape index (κ1) is 11.9. The van der Waals surface area contributed by atoms with Crippen molar-refractivity contribution in [2.24, 2.45) is 7.05 Å². The Bertz CT molecular complexity index is 680. The molecule has 0 unspecified atom stereocenters. The van der Waals surface area contributed by atoms with Crippen molar-refractivity contribution < 1.29 is 4.79 Å². The van der Waals surface area contributed by atoms with Gasteiger partial charge in [0.05, 0.1) is 6.20 Å². The first-order chi connectivity index (χ1) is 9.16. The summed E-state index contributed by atoms with van der Waals surface area (Å²) in [4.78, 5) is 12.4. The van der Waals surface area contributed by atoms with E-state index in [-0.39, 0.29) is 5.78 Å². The van der Waals surface area contributed by atoms with E-state index in [1.807, 2.05) is 55.2 Å². The second kappa shape index (κ2) is 4.50. The molecule has 0 amide bonds. The van der Waals surface area contributed by atoms with Gasteiger partial charge >= 0.3 is 0 Å². The molecule has 0 spiro atoms. The molecule has 0 aliphatic heterocycles. The van der Waals surface area contributed by atoms with Gasteiger partial charge in [0, 0.05) is 29.4 Å². The van der Waals surface area contributed by atoms with E-state index < -0.39 is 0 Å². The third kappa shape index (κ3) is 2.01. The number of aromatic nitrogens is 2. The van der Waals surface area contributed by atoms with Gasteiger partial charge in [-0.3, -0.25) is 9.48 Å². The highest BCUT2D eigenvalue weighted by molar-refractivity contribution is 6.13. The van der Waals surface area contributed by atoms with E-state index in [9.17, 15) is 4.79 Å². The molecule has 1 aromatic heterocycles. The summed E-state index contributed by atoms with van der Waals surface area (Å²) in [6.07, 6.45) is 5.55. The Balaban J connectivity index is 2.01. The summed E-state index contributed by atoms with van der Waals surface area (Å²) < 4.78 is 1.83. The minimum atomic E-state index is 0.158. The van der Waals surface area contributed by atoms with Gasteiger partial charge in [0.2, 0.25) is 0 Å². The van der Waals surface area contributed by atoms with Crippen LogP contribution in [0.15, 0.2) is 36.0 Å². The number of Topliss-reactive ketones (excluding diaryl/α,β-unsaturated/α-hetero) is 1. The molecule has 3 rings (SSSR count). The summed E-state index contributed by atoms with van der Waals surface area (Å²) in [5, 5.41) is 4.21. The summed E-state index contributed by atoms with van der Waals surface area (Å²) >= 11 is 0. The Morgan fingerprint density at radius 1 is 1.26 bits per heavy atom. The summed E-state index contributed by atoms with van der Waals surface area (Å²) in [6, 6.07) is 7.88. The number of carbonyl (C=O) groups excluding carboxylic acids is 1. The molecule has 3 nitrogen and oxygen atoms in total. The number of carbonyl (C=O) groups is 1. The number of aryl methyl sites for hydroxylation is 2. The fourth-order valence-electron chi connectivity index (χ4n) is 2.50. The normalized spacial score (nSPS) is 16.7. The predicted molar refractivity (Wildman–Crippen MR) is 75.0 cm³/mol. The van der Waals surface area contributed by atoms with Gasteiger partial charge in [-0.05, 0) is 31.4 Å². The molecule has 0 saturated carbocycles. The number of allylic oxidation sites excluding steroid dienone is 1. The minimum Gasteiger partial charge on any atom is -0.289 e. The maximum atomic E-state index is 12.4. The van der Waals surface area contributed by atoms with Gasteiger partial charge in [-0.2, -0.15) is 5.10 Å². The number of nitrogens with zero attached hydrogens (tertiary/aromatic N) is 2. The topological polar surface area (TPSA) is 34.9 Å². The van der Waals surface area contributed by atoms with Crippen molar-refractivity contribution in [3.63, 3.8) is 0 Å². The van der Waals surface area contributed by atoms with Gasteiger partial charge in [-0.25, -0.2) is 0 Å². The average molecular weight is 252 g/mol. The van der Waals surface area contributed by atoms with Gasteiger partial charge in [0.15, 0.2) is 5.78 Å². The molecule has 2 aromatic rings. The maximum Gasteiger partial charge on any atom is 0.189 e. The molecule has 0 N–H and O–H groups in total. The molecule has 1 aromatic carbocycles. The highest BCUT2D eigenvalue weighted by Gasteiger charge is 2.21. The van der Waals surface area contributed by atoms with Crippen LogP contribution in [0.4, 0.5) is 0 Å². The van der Waals surface area contributed by atoms with Gasteiger partial charge in [-0.1, -0.05) is 24.3 Å². The number of hydrogen-bond acceptors (Lipinski definition) is 2. The van der Waals surface area contributed by atoms with Gasteiger partial charge in [0.1, 0.15) is 0 Å². The number of benzene rings is 1. The third-order valence-electron chi connectivity index (χ3n) is 3.82. The van der Waals surface area contributed by atoms with Crippen molar-refractivity contribution in [2.75, 3.05) is 0 Å². The summed E-state index contributed by atoms with van der Waals surface area (Å²) in [5.41, 5.74) is 5.01. The molecule has 1 aliphatic rings. The second-order valence-corrected chi connectivity index (χ2v) is 4.96. The van der Waals surface area contributed by atoms with Crippen molar-refractivity contribution >= 4 is 11.9 Å². The summed E-state index contributed by atoms with van der Waals surface area (Å²) in [6.45, 7) is 2.01. The van der Waals surface area contributed by atoms with Crippen LogP contribution in [0.1, 0.15) is 33.6 Å². The third-order valence-corrected chi connectivity index (χ3v) is 3.82. The highest BCUT2D eigenvalue weighted by atomic mass is 16.1. The first-order valence-corrected chi connectivity index (χ1v) is 6.48. The van der Waals surface area contributed by atoms with Crippen LogP contribution in [0.2, 0.25) is 0 Å². The van der Waals surface area contributed by atoms with Crippen molar-refractivity contribution in [2.45, 2.75) is 19.8 Å². The molecule has 0 atom stereocenters.